The van der Waals surface area contributed by atoms with Crippen LogP contribution in [0.25, 0.3) is 16.6 Å². The largest absolute Gasteiger partial charge is 0.497 e. The van der Waals surface area contributed by atoms with Crippen LogP contribution in [-0.2, 0) is 6.42 Å². The summed E-state index contributed by atoms with van der Waals surface area (Å²) < 4.78 is 6.60. The molecule has 0 saturated carbocycles. The summed E-state index contributed by atoms with van der Waals surface area (Å²) in [6.07, 6.45) is 0.813. The van der Waals surface area contributed by atoms with E-state index < -0.39 is 17.3 Å². The van der Waals surface area contributed by atoms with Gasteiger partial charge in [0, 0.05) is 17.3 Å². The van der Waals surface area contributed by atoms with E-state index in [4.69, 9.17) is 4.74 Å². The lowest BCUT2D eigenvalue weighted by molar-refractivity contribution is -0.690. The van der Waals surface area contributed by atoms with Gasteiger partial charge in [0.05, 0.1) is 25.0 Å². The lowest BCUT2D eigenvalue weighted by atomic mass is 9.95. The van der Waals surface area contributed by atoms with Gasteiger partial charge in [-0.25, -0.2) is 9.36 Å². The molecule has 4 aromatic rings. The third-order valence-corrected chi connectivity index (χ3v) is 6.54. The van der Waals surface area contributed by atoms with Gasteiger partial charge in [-0.2, -0.15) is 0 Å². The van der Waals surface area contributed by atoms with Crippen molar-refractivity contribution in [1.82, 2.24) is 14.5 Å². The summed E-state index contributed by atoms with van der Waals surface area (Å²) in [4.78, 5) is 31.7. The lowest BCUT2D eigenvalue weighted by Crippen LogP contribution is -2.87. The number of aryl methyl sites for hydroxylation is 3. The van der Waals surface area contributed by atoms with Crippen LogP contribution >= 0.6 is 0 Å². The zero-order valence-electron chi connectivity index (χ0n) is 19.1. The zero-order chi connectivity index (χ0) is 23.4. The molecule has 2 aromatic carbocycles. The maximum atomic E-state index is 13.0. The molecular formula is C25H27N4O4+. The molecule has 33 heavy (non-hydrogen) atoms. The minimum Gasteiger partial charge on any atom is -0.497 e. The summed E-state index contributed by atoms with van der Waals surface area (Å²) in [5, 5.41) is 14.4. The highest BCUT2D eigenvalue weighted by Crippen LogP contribution is 2.34. The Morgan fingerprint density at radius 3 is 2.52 bits per heavy atom. The standard InChI is InChI=1S/C25H26N4O4/c1-12-9-13(2)22(14(3)10-12)29-24(31)19(23(30)28-25(29)32)21-20-16(7-8-26-21)17-11-15(33-4)5-6-18(17)27-20/h5-6,9-11,21,26-27,31H,7-8H2,1-4H3,(H,28,30,32)/p+1/t21-/m0/s1. The number of ether oxygens (including phenoxy) is 1. The van der Waals surface area contributed by atoms with Crippen LogP contribution in [0.3, 0.4) is 0 Å². The molecular weight excluding hydrogens is 420 g/mol. The number of hydrogen-bond donors (Lipinski definition) is 4. The van der Waals surface area contributed by atoms with Crippen LogP contribution in [-0.4, -0.2) is 33.3 Å². The summed E-state index contributed by atoms with van der Waals surface area (Å²) in [5.74, 6) is 0.430. The van der Waals surface area contributed by atoms with E-state index in [1.807, 2.05) is 56.4 Å². The molecule has 0 unspecified atom stereocenters. The molecule has 0 bridgehead atoms. The Kier molecular flexibility index (Phi) is 4.90. The molecule has 0 amide bonds. The number of H-pyrrole nitrogens is 2. The van der Waals surface area contributed by atoms with Gasteiger partial charge >= 0.3 is 5.69 Å². The van der Waals surface area contributed by atoms with Gasteiger partial charge in [-0.1, -0.05) is 17.7 Å². The van der Waals surface area contributed by atoms with Gasteiger partial charge in [0.25, 0.3) is 5.56 Å². The number of rotatable bonds is 3. The molecule has 1 aliphatic rings. The molecule has 0 spiro atoms. The highest BCUT2D eigenvalue weighted by molar-refractivity contribution is 5.86. The number of hydrogen-bond acceptors (Lipinski definition) is 4. The van der Waals surface area contributed by atoms with Crippen LogP contribution in [0, 0.1) is 20.8 Å². The van der Waals surface area contributed by atoms with Crippen LogP contribution in [0.15, 0.2) is 39.9 Å². The average Bonchev–Trinajstić information content (AvgIpc) is 3.13. The molecule has 8 heteroatoms. The lowest BCUT2D eigenvalue weighted by Gasteiger charge is -2.23. The highest BCUT2D eigenvalue weighted by Gasteiger charge is 2.34. The Bertz CT molecular complexity index is 1500. The van der Waals surface area contributed by atoms with E-state index in [2.05, 4.69) is 9.97 Å². The van der Waals surface area contributed by atoms with E-state index in [0.717, 1.165) is 57.6 Å². The van der Waals surface area contributed by atoms with Crippen LogP contribution in [0.4, 0.5) is 0 Å². The number of nitrogens with two attached hydrogens (primary N) is 1. The fraction of sp³-hybridized carbons (Fsp3) is 0.280. The van der Waals surface area contributed by atoms with E-state index in [1.54, 1.807) is 7.11 Å². The van der Waals surface area contributed by atoms with Crippen molar-refractivity contribution in [3.05, 3.63) is 84.7 Å². The predicted molar refractivity (Wildman–Crippen MR) is 126 cm³/mol. The second-order valence-electron chi connectivity index (χ2n) is 8.76. The van der Waals surface area contributed by atoms with Crippen LogP contribution in [0.1, 0.15) is 39.6 Å². The van der Waals surface area contributed by atoms with Crippen molar-refractivity contribution in [2.75, 3.05) is 13.7 Å². The normalized spacial score (nSPS) is 15.6. The monoisotopic (exact) mass is 447 g/mol. The van der Waals surface area contributed by atoms with Crippen molar-refractivity contribution in [2.45, 2.75) is 33.2 Å². The zero-order valence-corrected chi connectivity index (χ0v) is 19.1. The smallest absolute Gasteiger partial charge is 0.335 e. The molecule has 0 saturated heterocycles. The van der Waals surface area contributed by atoms with Gasteiger partial charge < -0.3 is 20.1 Å². The molecule has 5 N–H and O–H groups in total. The second kappa shape index (κ2) is 7.67. The number of nitrogens with zero attached hydrogens (tertiary/aromatic N) is 1. The third-order valence-electron chi connectivity index (χ3n) is 6.54. The average molecular weight is 448 g/mol. The topological polar surface area (TPSA) is 117 Å². The molecule has 2 aromatic heterocycles. The van der Waals surface area contributed by atoms with Gasteiger partial charge in [-0.05, 0) is 55.7 Å². The summed E-state index contributed by atoms with van der Waals surface area (Å²) in [5.41, 5.74) is 5.13. The first kappa shape index (κ1) is 21.1. The Balaban J connectivity index is 1.75. The van der Waals surface area contributed by atoms with Gasteiger partial charge in [0.15, 0.2) is 6.04 Å². The maximum absolute atomic E-state index is 13.0. The Hall–Kier alpha value is -3.78. The third kappa shape index (κ3) is 3.25. The quantitative estimate of drug-likeness (QED) is 0.384. The van der Waals surface area contributed by atoms with E-state index in [0.29, 0.717) is 5.69 Å². The van der Waals surface area contributed by atoms with E-state index in [-0.39, 0.29) is 11.4 Å². The summed E-state index contributed by atoms with van der Waals surface area (Å²) in [6, 6.07) is 9.25. The second-order valence-corrected chi connectivity index (χ2v) is 8.76. The van der Waals surface area contributed by atoms with Crippen molar-refractivity contribution in [3.8, 4) is 17.3 Å². The first-order valence-electron chi connectivity index (χ1n) is 11.0. The van der Waals surface area contributed by atoms with Crippen LogP contribution in [0.5, 0.6) is 11.6 Å². The van der Waals surface area contributed by atoms with Gasteiger partial charge in [0.1, 0.15) is 11.3 Å². The number of quaternary nitrogens is 1. The first-order valence-corrected chi connectivity index (χ1v) is 11.0. The molecule has 1 aliphatic heterocycles. The number of aromatic hydroxyl groups is 1. The number of fused-ring (bicyclic) bond motifs is 3. The number of methoxy groups -OCH3 is 1. The number of aromatic nitrogens is 3. The Morgan fingerprint density at radius 1 is 1.09 bits per heavy atom. The van der Waals surface area contributed by atoms with Crippen molar-refractivity contribution in [1.29, 1.82) is 0 Å². The molecule has 1 atom stereocenters. The molecule has 0 radical (unpaired) electrons. The summed E-state index contributed by atoms with van der Waals surface area (Å²) in [7, 11) is 1.63. The van der Waals surface area contributed by atoms with Crippen molar-refractivity contribution >= 4 is 10.9 Å². The Labute approximate surface area is 189 Å². The minimum atomic E-state index is -0.659. The van der Waals surface area contributed by atoms with Gasteiger partial charge in [0.2, 0.25) is 5.88 Å². The number of benzene rings is 2. The SMILES string of the molecule is COc1ccc2[nH]c3c(c2c1)CC[NH2+][C@H]3c1c(O)n(-c2c(C)cc(C)cc2C)c(=O)[nH]c1=O. The van der Waals surface area contributed by atoms with E-state index in [9.17, 15) is 14.7 Å². The molecule has 5 rings (SSSR count). The van der Waals surface area contributed by atoms with Crippen LogP contribution < -0.4 is 21.3 Å². The van der Waals surface area contributed by atoms with Crippen molar-refractivity contribution in [3.63, 3.8) is 0 Å². The highest BCUT2D eigenvalue weighted by atomic mass is 16.5. The van der Waals surface area contributed by atoms with Crippen molar-refractivity contribution < 1.29 is 15.2 Å². The molecule has 3 heterocycles. The molecule has 170 valence electrons. The minimum absolute atomic E-state index is 0.161. The number of nitrogens with one attached hydrogen (secondary N) is 2. The molecule has 0 aliphatic carbocycles. The summed E-state index contributed by atoms with van der Waals surface area (Å²) in [6.45, 7) is 6.50. The van der Waals surface area contributed by atoms with E-state index in [1.165, 1.54) is 4.57 Å². The fourth-order valence-electron chi connectivity index (χ4n) is 5.24. The van der Waals surface area contributed by atoms with E-state index >= 15 is 0 Å². The van der Waals surface area contributed by atoms with Gasteiger partial charge in [-0.3, -0.25) is 9.78 Å². The molecule has 8 nitrogen and oxygen atoms in total. The number of aromatic amines is 2. The first-order chi connectivity index (χ1) is 15.8. The Morgan fingerprint density at radius 2 is 1.82 bits per heavy atom. The summed E-state index contributed by atoms with van der Waals surface area (Å²) >= 11 is 0. The maximum Gasteiger partial charge on any atom is 0.335 e. The van der Waals surface area contributed by atoms with Crippen LogP contribution in [0.2, 0.25) is 0 Å². The molecule has 0 fully saturated rings. The van der Waals surface area contributed by atoms with Gasteiger partial charge in [-0.15, -0.1) is 0 Å². The predicted octanol–water partition coefficient (Wildman–Crippen LogP) is 1.86. The fourth-order valence-corrected chi connectivity index (χ4v) is 5.24. The van der Waals surface area contributed by atoms with Crippen molar-refractivity contribution in [2.24, 2.45) is 0 Å².